The predicted molar refractivity (Wildman–Crippen MR) is 146 cm³/mol. The molecule has 0 aromatic heterocycles. The molecule has 7 atom stereocenters. The Bertz CT molecular complexity index is 670. The van der Waals surface area contributed by atoms with Gasteiger partial charge in [-0.15, -0.1) is 0 Å². The van der Waals surface area contributed by atoms with Crippen molar-refractivity contribution in [2.24, 2.45) is 29.6 Å². The molecule has 0 saturated heterocycles. The Morgan fingerprint density at radius 3 is 2.57 bits per heavy atom. The van der Waals surface area contributed by atoms with Gasteiger partial charge in [-0.05, 0) is 73.9 Å². The van der Waals surface area contributed by atoms with Crippen molar-refractivity contribution in [2.75, 3.05) is 20.3 Å². The molecule has 1 N–H and O–H groups in total. The van der Waals surface area contributed by atoms with Crippen molar-refractivity contribution in [1.29, 1.82) is 0 Å². The third-order valence-electron chi connectivity index (χ3n) is 8.93. The number of carbonyl (C=O) groups excluding carboxylic acids is 1. The van der Waals surface area contributed by atoms with Gasteiger partial charge in [0.1, 0.15) is 6.61 Å². The summed E-state index contributed by atoms with van der Waals surface area (Å²) >= 11 is 0. The van der Waals surface area contributed by atoms with E-state index in [2.05, 4.69) is 64.6 Å². The van der Waals surface area contributed by atoms with E-state index in [1.807, 2.05) is 0 Å². The normalized spacial score (nSPS) is 28.9. The van der Waals surface area contributed by atoms with Crippen molar-refractivity contribution in [1.82, 2.24) is 0 Å². The van der Waals surface area contributed by atoms with Crippen LogP contribution in [0.25, 0.3) is 0 Å². The van der Waals surface area contributed by atoms with Gasteiger partial charge in [0.05, 0.1) is 19.3 Å². The van der Waals surface area contributed by atoms with Gasteiger partial charge in [0, 0.05) is 12.5 Å². The van der Waals surface area contributed by atoms with E-state index in [9.17, 15) is 9.90 Å². The Balaban J connectivity index is 2.03. The van der Waals surface area contributed by atoms with Crippen LogP contribution in [0.1, 0.15) is 86.0 Å². The minimum absolute atomic E-state index is 0.0401. The molecule has 35 heavy (non-hydrogen) atoms. The quantitative estimate of drug-likeness (QED) is 0.121. The lowest BCUT2D eigenvalue weighted by Crippen LogP contribution is -2.45. The van der Waals surface area contributed by atoms with Crippen LogP contribution in [0, 0.1) is 29.6 Å². The molecule has 0 unspecified atom stereocenters. The Kier molecular flexibility index (Phi) is 12.0. The lowest BCUT2D eigenvalue weighted by Gasteiger charge is -2.40. The maximum atomic E-state index is 11.3. The smallest absolute Gasteiger partial charge is 0.331 e. The largest absolute Gasteiger partial charge is 0.467 e. The zero-order chi connectivity index (χ0) is 26.2. The number of esters is 1. The summed E-state index contributed by atoms with van der Waals surface area (Å²) in [6, 6.07) is 0. The summed E-state index contributed by atoms with van der Waals surface area (Å²) in [5.74, 6) is 2.52. The molecule has 0 amide bonds. The van der Waals surface area contributed by atoms with Crippen molar-refractivity contribution in [3.63, 3.8) is 0 Å². The summed E-state index contributed by atoms with van der Waals surface area (Å²) < 4.78 is 17.2. The highest BCUT2D eigenvalue weighted by Crippen LogP contribution is 2.53. The average Bonchev–Trinajstić information content (AvgIpc) is 3.29. The number of carbonyl (C=O) groups is 1. The maximum absolute atomic E-state index is 11.3. The first-order valence-electron chi connectivity index (χ1n) is 14.1. The van der Waals surface area contributed by atoms with Crippen molar-refractivity contribution >= 4 is 14.3 Å². The van der Waals surface area contributed by atoms with Gasteiger partial charge in [-0.2, -0.15) is 0 Å². The van der Waals surface area contributed by atoms with Crippen molar-refractivity contribution in [3.05, 3.63) is 12.2 Å². The van der Waals surface area contributed by atoms with Crippen LogP contribution in [0.3, 0.4) is 0 Å². The van der Waals surface area contributed by atoms with Crippen LogP contribution >= 0.6 is 0 Å². The van der Waals surface area contributed by atoms with Gasteiger partial charge in [-0.25, -0.2) is 4.79 Å². The summed E-state index contributed by atoms with van der Waals surface area (Å²) in [5.41, 5.74) is 0. The van der Waals surface area contributed by atoms with Crippen LogP contribution in [0.2, 0.25) is 18.1 Å². The van der Waals surface area contributed by atoms with E-state index < -0.39 is 8.32 Å². The molecule has 0 heterocycles. The minimum Gasteiger partial charge on any atom is -0.467 e. The summed E-state index contributed by atoms with van der Waals surface area (Å²) in [5, 5.41) is 10.9. The molecule has 204 valence electrons. The van der Waals surface area contributed by atoms with Gasteiger partial charge in [0.25, 0.3) is 0 Å². The first kappa shape index (κ1) is 30.5. The Labute approximate surface area is 216 Å². The van der Waals surface area contributed by atoms with E-state index in [1.165, 1.54) is 39.2 Å². The number of hydrogen-bond donors (Lipinski definition) is 1. The predicted octanol–water partition coefficient (Wildman–Crippen LogP) is 6.75. The second-order valence-electron chi connectivity index (χ2n) is 12.8. The Morgan fingerprint density at radius 1 is 1.23 bits per heavy atom. The first-order valence-corrected chi connectivity index (χ1v) is 17.0. The lowest BCUT2D eigenvalue weighted by molar-refractivity contribution is -0.146. The zero-order valence-corrected chi connectivity index (χ0v) is 24.8. The van der Waals surface area contributed by atoms with Crippen molar-refractivity contribution in [2.45, 2.75) is 116 Å². The van der Waals surface area contributed by atoms with Gasteiger partial charge in [0.15, 0.2) is 8.32 Å². The average molecular weight is 513 g/mol. The molecule has 2 fully saturated rings. The first-order chi connectivity index (χ1) is 16.4. The molecule has 2 rings (SSSR count). The summed E-state index contributed by atoms with van der Waals surface area (Å²) in [6.07, 6.45) is 13.2. The lowest BCUT2D eigenvalue weighted by atomic mass is 9.90. The van der Waals surface area contributed by atoms with E-state index in [1.54, 1.807) is 0 Å². The number of ether oxygens (including phenoxy) is 2. The fourth-order valence-corrected chi connectivity index (χ4v) is 7.18. The molecule has 0 aromatic carbocycles. The Morgan fingerprint density at radius 2 is 1.94 bits per heavy atom. The highest BCUT2D eigenvalue weighted by Gasteiger charge is 2.50. The van der Waals surface area contributed by atoms with E-state index in [-0.39, 0.29) is 29.8 Å². The third-order valence-corrected chi connectivity index (χ3v) is 13.4. The van der Waals surface area contributed by atoms with E-state index in [0.717, 1.165) is 19.3 Å². The maximum Gasteiger partial charge on any atom is 0.331 e. The highest BCUT2D eigenvalue weighted by molar-refractivity contribution is 6.74. The molecule has 0 spiro atoms. The summed E-state index contributed by atoms with van der Waals surface area (Å²) in [7, 11) is -0.483. The van der Waals surface area contributed by atoms with Gasteiger partial charge >= 0.3 is 5.97 Å². The highest BCUT2D eigenvalue weighted by atomic mass is 28.4. The van der Waals surface area contributed by atoms with Crippen LogP contribution in [-0.2, 0) is 18.7 Å². The second kappa shape index (κ2) is 13.7. The van der Waals surface area contributed by atoms with Crippen LogP contribution < -0.4 is 0 Å². The molecule has 2 saturated carbocycles. The Hall–Kier alpha value is -0.693. The molecule has 2 aliphatic carbocycles. The molecular formula is C29H54O5Si. The van der Waals surface area contributed by atoms with Gasteiger partial charge in [0.2, 0.25) is 0 Å². The molecule has 6 heteroatoms. The number of fused-ring (bicyclic) bond motifs is 1. The van der Waals surface area contributed by atoms with Crippen molar-refractivity contribution in [3.8, 4) is 0 Å². The number of hydrogen-bond acceptors (Lipinski definition) is 5. The zero-order valence-electron chi connectivity index (χ0n) is 23.8. The molecule has 2 aliphatic rings. The summed E-state index contributed by atoms with van der Waals surface area (Å²) in [6.45, 7) is 16.8. The van der Waals surface area contributed by atoms with Gasteiger partial charge in [-0.3, -0.25) is 0 Å². The van der Waals surface area contributed by atoms with Gasteiger partial charge < -0.3 is 19.0 Å². The van der Waals surface area contributed by atoms with Crippen LogP contribution in [0.5, 0.6) is 0 Å². The fourth-order valence-electron chi connectivity index (χ4n) is 5.82. The molecule has 0 aliphatic heterocycles. The number of aliphatic hydroxyl groups excluding tert-OH is 1. The third kappa shape index (κ3) is 9.28. The summed E-state index contributed by atoms with van der Waals surface area (Å²) in [4.78, 5) is 11.3. The SMILES string of the molecule is CCCC[C@H](C)C[14C@H](O)/C=C/[C@@H]1[C@H]2C[C@H](CCOCC(=O)OC)C[C@H]2C[C@H]1O[Si](C)(C)C(C)(C)C. The standard InChI is InChI=1S/C29H54O5Si/c1-9-10-11-21(2)16-24(30)12-13-25-26-18-22(14-15-33-20-28(31)32-6)17-23(26)19-27(25)34-35(7,8)29(3,4)5/h12-13,21-27,30H,9-11,14-20H2,1-8H3/b13-12+/t21-,22+,23-,24+,25+,26-,27+/m0/s1/i24+2. The topological polar surface area (TPSA) is 65.0 Å². The van der Waals surface area contributed by atoms with Crippen LogP contribution in [0.15, 0.2) is 12.2 Å². The minimum atomic E-state index is -1.87. The van der Waals surface area contributed by atoms with Crippen LogP contribution in [-0.4, -0.2) is 51.9 Å². The molecule has 5 nitrogen and oxygen atoms in total. The molecule has 0 radical (unpaired) electrons. The van der Waals surface area contributed by atoms with E-state index in [0.29, 0.717) is 36.2 Å². The second-order valence-corrected chi connectivity index (χ2v) is 17.6. The number of unbranched alkanes of at least 4 members (excludes halogenated alkanes) is 1. The fraction of sp³-hybridized carbons (Fsp3) is 0.897. The van der Waals surface area contributed by atoms with E-state index >= 15 is 0 Å². The number of aliphatic hydroxyl groups is 1. The molecule has 0 bridgehead atoms. The van der Waals surface area contributed by atoms with Crippen molar-refractivity contribution < 1.29 is 23.8 Å². The van der Waals surface area contributed by atoms with E-state index in [4.69, 9.17) is 9.16 Å². The van der Waals surface area contributed by atoms with Crippen LogP contribution in [0.4, 0.5) is 0 Å². The molecule has 0 aromatic rings. The molecular weight excluding hydrogens is 458 g/mol. The number of methoxy groups -OCH3 is 1. The number of rotatable bonds is 14. The van der Waals surface area contributed by atoms with Gasteiger partial charge in [-0.1, -0.05) is 66.0 Å². The monoisotopic (exact) mass is 512 g/mol.